The molecule has 0 atom stereocenters. The standard InChI is InChI=1S/C25H21N5O/c31-24-22-17-27-30(20-14-8-3-9-15-20)23(22)28-25(29-24)26-16-21(18-10-4-1-5-11-18)19-12-6-2-7-13-19/h1-15,17,21H,16H2,(H2,26,28,29,31). The first-order chi connectivity index (χ1) is 15.3. The van der Waals surface area contributed by atoms with Gasteiger partial charge in [-0.1, -0.05) is 78.9 Å². The van der Waals surface area contributed by atoms with E-state index in [1.165, 1.54) is 11.1 Å². The van der Waals surface area contributed by atoms with Crippen LogP contribution < -0.4 is 10.9 Å². The highest BCUT2D eigenvalue weighted by Crippen LogP contribution is 2.25. The second-order valence-electron chi connectivity index (χ2n) is 7.30. The van der Waals surface area contributed by atoms with Crippen LogP contribution in [0.5, 0.6) is 0 Å². The third-order valence-corrected chi connectivity index (χ3v) is 5.32. The van der Waals surface area contributed by atoms with E-state index in [1.54, 1.807) is 10.9 Å². The topological polar surface area (TPSA) is 75.6 Å². The minimum atomic E-state index is -0.217. The van der Waals surface area contributed by atoms with E-state index >= 15 is 0 Å². The summed E-state index contributed by atoms with van der Waals surface area (Å²) in [4.78, 5) is 20.1. The maximum Gasteiger partial charge on any atom is 0.263 e. The lowest BCUT2D eigenvalue weighted by molar-refractivity contribution is 0.839. The van der Waals surface area contributed by atoms with Crippen LogP contribution in [0.1, 0.15) is 17.0 Å². The normalized spacial score (nSPS) is 11.1. The summed E-state index contributed by atoms with van der Waals surface area (Å²) in [5, 5.41) is 8.16. The van der Waals surface area contributed by atoms with Crippen molar-refractivity contribution in [1.29, 1.82) is 0 Å². The molecule has 3 aromatic carbocycles. The van der Waals surface area contributed by atoms with Crippen molar-refractivity contribution in [2.24, 2.45) is 0 Å². The molecule has 0 aliphatic heterocycles. The van der Waals surface area contributed by atoms with Crippen molar-refractivity contribution in [2.75, 3.05) is 11.9 Å². The number of aromatic amines is 1. The molecular formula is C25H21N5O. The predicted molar refractivity (Wildman–Crippen MR) is 123 cm³/mol. The van der Waals surface area contributed by atoms with Gasteiger partial charge in [-0.15, -0.1) is 0 Å². The average Bonchev–Trinajstić information content (AvgIpc) is 3.26. The first-order valence-corrected chi connectivity index (χ1v) is 10.2. The molecule has 0 fully saturated rings. The van der Waals surface area contributed by atoms with E-state index in [0.717, 1.165) is 5.69 Å². The zero-order valence-corrected chi connectivity index (χ0v) is 16.8. The van der Waals surface area contributed by atoms with Crippen molar-refractivity contribution in [3.63, 3.8) is 0 Å². The summed E-state index contributed by atoms with van der Waals surface area (Å²) in [5.74, 6) is 0.537. The number of H-pyrrole nitrogens is 1. The number of para-hydroxylation sites is 1. The van der Waals surface area contributed by atoms with Gasteiger partial charge in [0.25, 0.3) is 5.56 Å². The Morgan fingerprint density at radius 3 is 2.03 bits per heavy atom. The molecule has 0 saturated carbocycles. The third-order valence-electron chi connectivity index (χ3n) is 5.32. The second kappa shape index (κ2) is 8.28. The molecule has 6 heteroatoms. The Kier molecular flexibility index (Phi) is 5.02. The van der Waals surface area contributed by atoms with Crippen LogP contribution in [-0.4, -0.2) is 26.3 Å². The quantitative estimate of drug-likeness (QED) is 0.439. The van der Waals surface area contributed by atoms with E-state index < -0.39 is 0 Å². The van der Waals surface area contributed by atoms with E-state index in [1.807, 2.05) is 66.7 Å². The number of benzene rings is 3. The molecule has 0 radical (unpaired) electrons. The first kappa shape index (κ1) is 18.8. The highest BCUT2D eigenvalue weighted by atomic mass is 16.1. The van der Waals surface area contributed by atoms with Gasteiger partial charge in [0, 0.05) is 12.5 Å². The lowest BCUT2D eigenvalue weighted by Crippen LogP contribution is -2.19. The Balaban J connectivity index is 1.49. The summed E-state index contributed by atoms with van der Waals surface area (Å²) in [6.07, 6.45) is 1.55. The van der Waals surface area contributed by atoms with Crippen LogP contribution in [0.25, 0.3) is 16.7 Å². The van der Waals surface area contributed by atoms with Gasteiger partial charge < -0.3 is 5.32 Å². The fraction of sp³-hybridized carbons (Fsp3) is 0.0800. The maximum atomic E-state index is 12.6. The molecule has 5 rings (SSSR count). The van der Waals surface area contributed by atoms with Crippen molar-refractivity contribution >= 4 is 17.0 Å². The number of nitrogens with zero attached hydrogens (tertiary/aromatic N) is 3. The number of hydrogen-bond donors (Lipinski definition) is 2. The Bertz CT molecular complexity index is 1310. The summed E-state index contributed by atoms with van der Waals surface area (Å²) in [7, 11) is 0. The minimum Gasteiger partial charge on any atom is -0.355 e. The Hall–Kier alpha value is -4.19. The Labute approximate surface area is 179 Å². The lowest BCUT2D eigenvalue weighted by Gasteiger charge is -2.19. The van der Waals surface area contributed by atoms with Crippen LogP contribution in [0.2, 0.25) is 0 Å². The average molecular weight is 407 g/mol. The van der Waals surface area contributed by atoms with Crippen molar-refractivity contribution < 1.29 is 0 Å². The molecule has 5 aromatic rings. The summed E-state index contributed by atoms with van der Waals surface area (Å²) >= 11 is 0. The van der Waals surface area contributed by atoms with Crippen molar-refractivity contribution in [3.8, 4) is 5.69 Å². The van der Waals surface area contributed by atoms with Crippen molar-refractivity contribution in [1.82, 2.24) is 19.7 Å². The maximum absolute atomic E-state index is 12.6. The molecule has 0 amide bonds. The number of fused-ring (bicyclic) bond motifs is 1. The second-order valence-corrected chi connectivity index (χ2v) is 7.30. The SMILES string of the molecule is O=c1[nH]c(NCC(c2ccccc2)c2ccccc2)nc2c1cnn2-c1ccccc1. The molecule has 0 bridgehead atoms. The first-order valence-electron chi connectivity index (χ1n) is 10.2. The van der Waals surface area contributed by atoms with E-state index in [-0.39, 0.29) is 11.5 Å². The van der Waals surface area contributed by atoms with Gasteiger partial charge in [0.1, 0.15) is 5.39 Å². The Morgan fingerprint density at radius 1 is 0.839 bits per heavy atom. The number of hydrogen-bond acceptors (Lipinski definition) is 4. The van der Waals surface area contributed by atoms with Gasteiger partial charge in [0.15, 0.2) is 5.65 Å². The molecule has 0 saturated heterocycles. The molecule has 0 spiro atoms. The summed E-state index contributed by atoms with van der Waals surface area (Å²) in [6.45, 7) is 0.585. The van der Waals surface area contributed by atoms with Gasteiger partial charge in [0.05, 0.1) is 11.9 Å². The van der Waals surface area contributed by atoms with E-state index in [9.17, 15) is 4.79 Å². The van der Waals surface area contributed by atoms with Gasteiger partial charge >= 0.3 is 0 Å². The van der Waals surface area contributed by atoms with Crippen LogP contribution in [0.4, 0.5) is 5.95 Å². The van der Waals surface area contributed by atoms with Gasteiger partial charge in [-0.05, 0) is 23.3 Å². The highest BCUT2D eigenvalue weighted by molar-refractivity contribution is 5.76. The van der Waals surface area contributed by atoms with Crippen LogP contribution in [0, 0.1) is 0 Å². The zero-order valence-electron chi connectivity index (χ0n) is 16.8. The monoisotopic (exact) mass is 407 g/mol. The molecule has 152 valence electrons. The molecule has 31 heavy (non-hydrogen) atoms. The fourth-order valence-electron chi connectivity index (χ4n) is 3.76. The van der Waals surface area contributed by atoms with E-state index in [0.29, 0.717) is 23.5 Å². The van der Waals surface area contributed by atoms with Crippen LogP contribution in [0.15, 0.2) is 102 Å². The van der Waals surface area contributed by atoms with E-state index in [4.69, 9.17) is 0 Å². The summed E-state index contributed by atoms with van der Waals surface area (Å²) in [6, 6.07) is 30.3. The molecule has 6 nitrogen and oxygen atoms in total. The summed E-state index contributed by atoms with van der Waals surface area (Å²) in [5.41, 5.74) is 3.55. The van der Waals surface area contributed by atoms with Crippen LogP contribution in [0.3, 0.4) is 0 Å². The molecule has 0 aliphatic rings. The molecule has 2 heterocycles. The van der Waals surface area contributed by atoms with Crippen LogP contribution >= 0.6 is 0 Å². The molecule has 2 N–H and O–H groups in total. The minimum absolute atomic E-state index is 0.113. The summed E-state index contributed by atoms with van der Waals surface area (Å²) < 4.78 is 1.68. The zero-order chi connectivity index (χ0) is 21.0. The third kappa shape index (κ3) is 3.83. The fourth-order valence-corrected chi connectivity index (χ4v) is 3.76. The molecular weight excluding hydrogens is 386 g/mol. The van der Waals surface area contributed by atoms with Crippen LogP contribution in [-0.2, 0) is 0 Å². The van der Waals surface area contributed by atoms with Crippen molar-refractivity contribution in [2.45, 2.75) is 5.92 Å². The van der Waals surface area contributed by atoms with E-state index in [2.05, 4.69) is 44.6 Å². The largest absolute Gasteiger partial charge is 0.355 e. The number of rotatable bonds is 6. The molecule has 2 aromatic heterocycles. The van der Waals surface area contributed by atoms with Gasteiger partial charge in [-0.25, -0.2) is 4.68 Å². The van der Waals surface area contributed by atoms with Crippen molar-refractivity contribution in [3.05, 3.63) is 119 Å². The van der Waals surface area contributed by atoms with Gasteiger partial charge in [-0.2, -0.15) is 10.1 Å². The highest BCUT2D eigenvalue weighted by Gasteiger charge is 2.16. The number of anilines is 1. The lowest BCUT2D eigenvalue weighted by atomic mass is 9.91. The van der Waals surface area contributed by atoms with Gasteiger partial charge in [0.2, 0.25) is 5.95 Å². The molecule has 0 aliphatic carbocycles. The van der Waals surface area contributed by atoms with Gasteiger partial charge in [-0.3, -0.25) is 9.78 Å². The number of aromatic nitrogens is 4. The number of nitrogens with one attached hydrogen (secondary N) is 2. The predicted octanol–water partition coefficient (Wildman–Crippen LogP) is 4.35. The smallest absolute Gasteiger partial charge is 0.263 e. The Morgan fingerprint density at radius 2 is 1.42 bits per heavy atom. The molecule has 0 unspecified atom stereocenters.